The van der Waals surface area contributed by atoms with E-state index in [4.69, 9.17) is 19.8 Å². The van der Waals surface area contributed by atoms with Gasteiger partial charge in [0.1, 0.15) is 11.1 Å². The third-order valence-corrected chi connectivity index (χ3v) is 12.7. The van der Waals surface area contributed by atoms with Gasteiger partial charge < -0.3 is 15.2 Å². The molecule has 3 N–H and O–H groups in total. The number of benzene rings is 4. The first kappa shape index (κ1) is 48.3. The van der Waals surface area contributed by atoms with Crippen LogP contribution >= 0.6 is 7.92 Å². The van der Waals surface area contributed by atoms with Crippen molar-refractivity contribution >= 4 is 29.0 Å². The number of nitrogens with two attached hydrogens (primary N) is 1. The maximum absolute atomic E-state index is 9.19. The molecule has 0 amide bonds. The molecule has 0 saturated carbocycles. The average Bonchev–Trinajstić information content (AvgIpc) is 3.02. The molecule has 0 aliphatic heterocycles. The van der Waals surface area contributed by atoms with Crippen molar-refractivity contribution in [1.82, 2.24) is 0 Å². The summed E-state index contributed by atoms with van der Waals surface area (Å²) in [5, 5.41) is 1.63. The van der Waals surface area contributed by atoms with Gasteiger partial charge >= 0.3 is 0 Å². The minimum atomic E-state index is -3.67. The number of rotatable bonds is 8. The van der Waals surface area contributed by atoms with E-state index in [1.165, 1.54) is 33.1 Å². The number of hydrogen-bond donors (Lipinski definition) is 2. The number of ether oxygens (including phenoxy) is 2. The van der Waals surface area contributed by atoms with Gasteiger partial charge in [0.15, 0.2) is 5.75 Å². The average molecular weight is 856 g/mol. The first-order chi connectivity index (χ1) is 23.9. The standard InChI is InChI=1S/C31H49O2P.C12H10N.CH4O3S.Pd/c1-19(2)22-17-23(20(3)4)27(24(18-22)21(5)6)28-25(32-13)15-16-26(33-14)29(28)34(30(7,8)9)31(10,11)12;13-12-9-5-4-8-11(12)10-6-2-1-3-7-10;1-5(2,3)4;/h15-21H,1-14H3;1-6,8-9H,13H2;1H3,(H,2,3,4);/q;-1;;/p+1. The van der Waals surface area contributed by atoms with Crippen molar-refractivity contribution in [3.63, 3.8) is 0 Å². The summed E-state index contributed by atoms with van der Waals surface area (Å²) >= 11 is 0. The Bertz CT molecular complexity index is 1810. The van der Waals surface area contributed by atoms with Crippen molar-refractivity contribution in [3.8, 4) is 33.8 Å². The van der Waals surface area contributed by atoms with Crippen LogP contribution in [0.15, 0.2) is 72.8 Å². The minimum absolute atomic E-state index is 0. The topological polar surface area (TPSA) is 98.8 Å². The van der Waals surface area contributed by atoms with Gasteiger partial charge in [-0.3, -0.25) is 4.55 Å². The Morgan fingerprint density at radius 2 is 1.17 bits per heavy atom. The van der Waals surface area contributed by atoms with E-state index in [1.807, 2.05) is 62.8 Å². The van der Waals surface area contributed by atoms with E-state index < -0.39 is 18.0 Å². The predicted octanol–water partition coefficient (Wildman–Crippen LogP) is 11.4. The molecule has 0 aliphatic carbocycles. The summed E-state index contributed by atoms with van der Waals surface area (Å²) in [7, 11) is -1.16. The number of methoxy groups -OCH3 is 2. The van der Waals surface area contributed by atoms with E-state index in [2.05, 4.69) is 113 Å². The molecule has 0 atom stereocenters. The molecule has 0 aromatic heterocycles. The molecule has 9 heteroatoms. The minimum Gasteiger partial charge on any atom is -0.496 e. The van der Waals surface area contributed by atoms with Gasteiger partial charge in [-0.05, 0) is 105 Å². The molecule has 0 spiro atoms. The second-order valence-electron chi connectivity index (χ2n) is 16.2. The molecule has 53 heavy (non-hydrogen) atoms. The van der Waals surface area contributed by atoms with Crippen LogP contribution in [0.1, 0.15) is 118 Å². The summed E-state index contributed by atoms with van der Waals surface area (Å²) in [6.45, 7) is 28.2. The summed E-state index contributed by atoms with van der Waals surface area (Å²) < 4.78 is 38.1. The molecule has 6 nitrogen and oxygen atoms in total. The van der Waals surface area contributed by atoms with Crippen molar-refractivity contribution in [2.24, 2.45) is 0 Å². The van der Waals surface area contributed by atoms with Crippen LogP contribution in [0, 0.1) is 6.07 Å². The molecular formula is C44H64NO5PPdS. The van der Waals surface area contributed by atoms with Crippen LogP contribution < -0.4 is 20.5 Å². The van der Waals surface area contributed by atoms with Crippen molar-refractivity contribution < 1.29 is 42.9 Å². The molecular weight excluding hydrogens is 792 g/mol. The number of nitrogen functional groups attached to an aromatic ring is 1. The summed E-state index contributed by atoms with van der Waals surface area (Å²) in [6.07, 6.45) is 0.715. The molecule has 0 radical (unpaired) electrons. The van der Waals surface area contributed by atoms with Gasteiger partial charge in [0, 0.05) is 28.3 Å². The first-order valence-corrected chi connectivity index (χ1v) is 21.3. The number of anilines is 1. The SMILES string of the molecule is COc1ccc(OC)c([PH+](C(C)(C)C)C(C)(C)C)c1-c1c(C(C)C)cc(C(C)C)cc1C(C)C.CS(=O)(=O)O.Nc1ccccc1-c1[c-]cccc1.[Pd]. The van der Waals surface area contributed by atoms with Crippen molar-refractivity contribution in [2.45, 2.75) is 111 Å². The summed E-state index contributed by atoms with van der Waals surface area (Å²) in [5.74, 6) is 3.23. The molecule has 0 unspecified atom stereocenters. The Morgan fingerprint density at radius 1 is 0.717 bits per heavy atom. The molecule has 296 valence electrons. The fourth-order valence-electron chi connectivity index (χ4n) is 6.82. The molecule has 0 fully saturated rings. The normalized spacial score (nSPS) is 11.8. The Hall–Kier alpha value is -2.72. The van der Waals surface area contributed by atoms with E-state index in [9.17, 15) is 8.42 Å². The Morgan fingerprint density at radius 3 is 1.55 bits per heavy atom. The zero-order valence-corrected chi connectivity index (χ0v) is 37.9. The second-order valence-corrected chi connectivity index (χ2v) is 21.9. The van der Waals surface area contributed by atoms with Crippen LogP contribution in [0.3, 0.4) is 0 Å². The molecule has 0 aliphatic rings. The Labute approximate surface area is 336 Å². The Kier molecular flexibility index (Phi) is 18.5. The molecule has 4 aromatic rings. The van der Waals surface area contributed by atoms with Gasteiger partial charge in [0.2, 0.25) is 0 Å². The third kappa shape index (κ3) is 13.8. The smallest absolute Gasteiger partial charge is 0.261 e. The van der Waals surface area contributed by atoms with Crippen LogP contribution in [-0.4, -0.2) is 43.8 Å². The maximum atomic E-state index is 9.19. The fourth-order valence-corrected chi connectivity index (χ4v) is 11.5. The quantitative estimate of drug-likeness (QED) is 0.0602. The number of para-hydroxylation sites is 1. The van der Waals surface area contributed by atoms with Crippen molar-refractivity contribution in [1.29, 1.82) is 0 Å². The van der Waals surface area contributed by atoms with Crippen LogP contribution in [0.4, 0.5) is 5.69 Å². The van der Waals surface area contributed by atoms with E-state index in [0.29, 0.717) is 24.0 Å². The molecule has 0 bridgehead atoms. The van der Waals surface area contributed by atoms with Gasteiger partial charge in [-0.1, -0.05) is 77.4 Å². The van der Waals surface area contributed by atoms with Crippen LogP contribution in [-0.2, 0) is 30.5 Å². The van der Waals surface area contributed by atoms with Gasteiger partial charge in [-0.15, -0.1) is 35.9 Å². The number of hydrogen-bond acceptors (Lipinski definition) is 5. The molecule has 4 rings (SSSR count). The second kappa shape index (κ2) is 20.3. The fraction of sp³-hybridized carbons (Fsp3) is 0.455. The van der Waals surface area contributed by atoms with Gasteiger partial charge in [-0.2, -0.15) is 8.42 Å². The van der Waals surface area contributed by atoms with Gasteiger partial charge in [-0.25, -0.2) is 0 Å². The van der Waals surface area contributed by atoms with Crippen LogP contribution in [0.5, 0.6) is 11.5 Å². The van der Waals surface area contributed by atoms with Crippen LogP contribution in [0.25, 0.3) is 22.3 Å². The zero-order valence-electron chi connectivity index (χ0n) is 34.5. The monoisotopic (exact) mass is 855 g/mol. The predicted molar refractivity (Wildman–Crippen MR) is 227 cm³/mol. The van der Waals surface area contributed by atoms with Gasteiger partial charge in [0.05, 0.1) is 36.4 Å². The van der Waals surface area contributed by atoms with E-state index in [0.717, 1.165) is 28.3 Å². The van der Waals surface area contributed by atoms with E-state index in [1.54, 1.807) is 0 Å². The zero-order chi connectivity index (χ0) is 39.8. The van der Waals surface area contributed by atoms with Crippen LogP contribution in [0.2, 0.25) is 0 Å². The summed E-state index contributed by atoms with van der Waals surface area (Å²) in [4.78, 5) is 0. The third-order valence-electron chi connectivity index (χ3n) is 8.66. The van der Waals surface area contributed by atoms with E-state index >= 15 is 0 Å². The van der Waals surface area contributed by atoms with Crippen molar-refractivity contribution in [3.05, 3.63) is 95.6 Å². The maximum Gasteiger partial charge on any atom is 0.261 e. The first-order valence-electron chi connectivity index (χ1n) is 18.0. The van der Waals surface area contributed by atoms with E-state index in [-0.39, 0.29) is 30.7 Å². The largest absolute Gasteiger partial charge is 0.496 e. The molecule has 4 aromatic carbocycles. The molecule has 0 heterocycles. The molecule has 0 saturated heterocycles. The summed E-state index contributed by atoms with van der Waals surface area (Å²) in [5.41, 5.74) is 15.6. The Balaban J connectivity index is 0.000000603. The van der Waals surface area contributed by atoms with Crippen molar-refractivity contribution in [2.75, 3.05) is 26.2 Å². The van der Waals surface area contributed by atoms with Gasteiger partial charge in [0.25, 0.3) is 10.1 Å². The summed E-state index contributed by atoms with van der Waals surface area (Å²) in [6, 6.07) is 27.9.